The Labute approximate surface area is 84.5 Å². The number of ether oxygens (including phenoxy) is 1. The average molecular weight is 202 g/mol. The van der Waals surface area contributed by atoms with Crippen LogP contribution in [-0.4, -0.2) is 47.8 Å². The van der Waals surface area contributed by atoms with Gasteiger partial charge in [0.15, 0.2) is 5.88 Å². The molecule has 5 heteroatoms. The van der Waals surface area contributed by atoms with Gasteiger partial charge in [-0.25, -0.2) is 9.80 Å². The molecule has 0 unspecified atom stereocenters. The van der Waals surface area contributed by atoms with E-state index >= 15 is 0 Å². The highest BCUT2D eigenvalue weighted by atomic mass is 16.5. The molecule has 0 fully saturated rings. The van der Waals surface area contributed by atoms with Gasteiger partial charge in [-0.15, -0.1) is 0 Å². The maximum atomic E-state index is 10.8. The zero-order valence-corrected chi connectivity index (χ0v) is 9.37. The fourth-order valence-electron chi connectivity index (χ4n) is 0.627. The lowest BCUT2D eigenvalue weighted by molar-refractivity contribution is -0.161. The molecular formula is C9H18N2O3. The van der Waals surface area contributed by atoms with Gasteiger partial charge in [-0.2, -0.15) is 0 Å². The number of hydrogen-bond acceptors (Lipinski definition) is 4. The first kappa shape index (κ1) is 12.8. The van der Waals surface area contributed by atoms with Crippen molar-refractivity contribution in [2.24, 2.45) is 0 Å². The lowest BCUT2D eigenvalue weighted by atomic mass is 10.1. The number of aliphatic carboxylic acids is 1. The van der Waals surface area contributed by atoms with E-state index in [1.807, 2.05) is 14.1 Å². The van der Waals surface area contributed by atoms with Gasteiger partial charge in [0.2, 0.25) is 5.60 Å². The minimum absolute atomic E-state index is 0.294. The van der Waals surface area contributed by atoms with Gasteiger partial charge in [0.1, 0.15) is 0 Å². The third-order valence-electron chi connectivity index (χ3n) is 1.85. The van der Waals surface area contributed by atoms with Crippen LogP contribution in [0, 0.1) is 0 Å². The van der Waals surface area contributed by atoms with Gasteiger partial charge in [0, 0.05) is 21.1 Å². The molecule has 0 amide bonds. The molecule has 0 radical (unpaired) electrons. The van der Waals surface area contributed by atoms with Crippen molar-refractivity contribution in [2.75, 3.05) is 21.1 Å². The van der Waals surface area contributed by atoms with E-state index in [1.54, 1.807) is 17.1 Å². The first-order chi connectivity index (χ1) is 6.18. The third kappa shape index (κ3) is 3.26. The Morgan fingerprint density at radius 3 is 2.07 bits per heavy atom. The van der Waals surface area contributed by atoms with Gasteiger partial charge < -0.3 is 9.84 Å². The topological polar surface area (TPSA) is 53.0 Å². The highest BCUT2D eigenvalue weighted by Crippen LogP contribution is 2.15. The largest absolute Gasteiger partial charge is 0.478 e. The van der Waals surface area contributed by atoms with Crippen molar-refractivity contribution in [2.45, 2.75) is 19.4 Å². The molecule has 0 saturated carbocycles. The molecule has 1 N–H and O–H groups in total. The summed E-state index contributed by atoms with van der Waals surface area (Å²) < 4.78 is 5.21. The Balaban J connectivity index is 4.40. The molecule has 0 aromatic carbocycles. The number of carboxylic acid groups (broad SMARTS) is 1. The summed E-state index contributed by atoms with van der Waals surface area (Å²) in [5.41, 5.74) is -1.26. The second kappa shape index (κ2) is 4.32. The minimum atomic E-state index is -1.26. The summed E-state index contributed by atoms with van der Waals surface area (Å²) in [6.45, 7) is 6.59. The van der Waals surface area contributed by atoms with Crippen LogP contribution < -0.4 is 0 Å². The van der Waals surface area contributed by atoms with E-state index in [9.17, 15) is 4.79 Å². The van der Waals surface area contributed by atoms with Crippen molar-refractivity contribution < 1.29 is 14.6 Å². The molecule has 0 heterocycles. The first-order valence-corrected chi connectivity index (χ1v) is 4.20. The van der Waals surface area contributed by atoms with Crippen LogP contribution in [0.25, 0.3) is 0 Å². The minimum Gasteiger partial charge on any atom is -0.478 e. The van der Waals surface area contributed by atoms with Gasteiger partial charge in [-0.05, 0) is 20.4 Å². The van der Waals surface area contributed by atoms with Gasteiger partial charge in [-0.3, -0.25) is 5.01 Å². The third-order valence-corrected chi connectivity index (χ3v) is 1.85. The average Bonchev–Trinajstić information content (AvgIpc) is 2.01. The van der Waals surface area contributed by atoms with Crippen molar-refractivity contribution in [3.63, 3.8) is 0 Å². The van der Waals surface area contributed by atoms with Crippen molar-refractivity contribution in [3.05, 3.63) is 12.5 Å². The van der Waals surface area contributed by atoms with Crippen molar-refractivity contribution >= 4 is 5.97 Å². The number of carbonyl (C=O) groups is 1. The summed E-state index contributed by atoms with van der Waals surface area (Å²) in [6.07, 6.45) is 0. The second-order valence-corrected chi connectivity index (χ2v) is 3.68. The molecule has 5 nitrogen and oxygen atoms in total. The van der Waals surface area contributed by atoms with Crippen LogP contribution in [0.1, 0.15) is 13.8 Å². The predicted molar refractivity (Wildman–Crippen MR) is 53.4 cm³/mol. The molecule has 0 aliphatic rings. The van der Waals surface area contributed by atoms with E-state index in [2.05, 4.69) is 6.58 Å². The SMILES string of the molecule is C=C(OC(C)(C)C(=O)O)N(C)N(C)C. The van der Waals surface area contributed by atoms with Crippen LogP contribution in [0.15, 0.2) is 12.5 Å². The molecule has 0 aliphatic heterocycles. The molecule has 0 spiro atoms. The Morgan fingerprint density at radius 2 is 1.79 bits per heavy atom. The molecule has 0 saturated heterocycles. The Kier molecular flexibility index (Phi) is 3.94. The highest BCUT2D eigenvalue weighted by molar-refractivity contribution is 5.76. The van der Waals surface area contributed by atoms with Crippen LogP contribution in [0.2, 0.25) is 0 Å². The van der Waals surface area contributed by atoms with Crippen LogP contribution in [-0.2, 0) is 9.53 Å². The summed E-state index contributed by atoms with van der Waals surface area (Å²) in [5, 5.41) is 12.2. The number of hydrazine groups is 1. The maximum absolute atomic E-state index is 10.8. The quantitative estimate of drug-likeness (QED) is 0.526. The first-order valence-electron chi connectivity index (χ1n) is 4.20. The van der Waals surface area contributed by atoms with E-state index in [0.717, 1.165) is 0 Å². The fourth-order valence-corrected chi connectivity index (χ4v) is 0.627. The summed E-state index contributed by atoms with van der Waals surface area (Å²) in [5.74, 6) is -0.729. The van der Waals surface area contributed by atoms with Crippen LogP contribution in [0.3, 0.4) is 0 Å². The monoisotopic (exact) mass is 202 g/mol. The molecule has 0 aliphatic carbocycles. The number of rotatable bonds is 5. The van der Waals surface area contributed by atoms with Crippen LogP contribution in [0.4, 0.5) is 0 Å². The van der Waals surface area contributed by atoms with Gasteiger partial charge >= 0.3 is 5.97 Å². The fraction of sp³-hybridized carbons (Fsp3) is 0.667. The van der Waals surface area contributed by atoms with Gasteiger partial charge in [0.25, 0.3) is 0 Å². The zero-order valence-electron chi connectivity index (χ0n) is 9.37. The Morgan fingerprint density at radius 1 is 1.36 bits per heavy atom. The Bertz CT molecular complexity index is 236. The smallest absolute Gasteiger partial charge is 0.347 e. The van der Waals surface area contributed by atoms with Crippen molar-refractivity contribution in [1.29, 1.82) is 0 Å². The van der Waals surface area contributed by atoms with Crippen molar-refractivity contribution in [3.8, 4) is 0 Å². The summed E-state index contributed by atoms with van der Waals surface area (Å²) in [6, 6.07) is 0. The molecule has 0 rings (SSSR count). The van der Waals surface area contributed by atoms with E-state index in [4.69, 9.17) is 9.84 Å². The summed E-state index contributed by atoms with van der Waals surface area (Å²) in [4.78, 5) is 10.8. The van der Waals surface area contributed by atoms with E-state index in [-0.39, 0.29) is 0 Å². The van der Waals surface area contributed by atoms with E-state index in [1.165, 1.54) is 13.8 Å². The van der Waals surface area contributed by atoms with Crippen molar-refractivity contribution in [1.82, 2.24) is 10.0 Å². The van der Waals surface area contributed by atoms with E-state index in [0.29, 0.717) is 5.88 Å². The molecule has 0 bridgehead atoms. The lowest BCUT2D eigenvalue weighted by Gasteiger charge is -2.32. The maximum Gasteiger partial charge on any atom is 0.347 e. The number of hydrogen-bond donors (Lipinski definition) is 1. The molecule has 0 aromatic heterocycles. The van der Waals surface area contributed by atoms with Gasteiger partial charge in [0.05, 0.1) is 0 Å². The molecule has 14 heavy (non-hydrogen) atoms. The molecule has 0 atom stereocenters. The Hall–Kier alpha value is -1.23. The zero-order chi connectivity index (χ0) is 11.5. The number of carboxylic acids is 1. The summed E-state index contributed by atoms with van der Waals surface area (Å²) in [7, 11) is 5.35. The molecule has 82 valence electrons. The van der Waals surface area contributed by atoms with Crippen LogP contribution in [0.5, 0.6) is 0 Å². The second-order valence-electron chi connectivity index (χ2n) is 3.68. The standard InChI is InChI=1S/C9H18N2O3/c1-7(11(6)10(4)5)14-9(2,3)8(12)13/h1H2,2-6H3,(H,12,13). The lowest BCUT2D eigenvalue weighted by Crippen LogP contribution is -2.40. The number of nitrogens with zero attached hydrogens (tertiary/aromatic N) is 2. The highest BCUT2D eigenvalue weighted by Gasteiger charge is 2.30. The van der Waals surface area contributed by atoms with Crippen LogP contribution >= 0.6 is 0 Å². The predicted octanol–water partition coefficient (Wildman–Crippen LogP) is 0.746. The summed E-state index contributed by atoms with van der Waals surface area (Å²) >= 11 is 0. The molecule has 0 aromatic rings. The molecular weight excluding hydrogens is 184 g/mol. The van der Waals surface area contributed by atoms with E-state index < -0.39 is 11.6 Å². The van der Waals surface area contributed by atoms with Gasteiger partial charge in [-0.1, -0.05) is 0 Å². The normalized spacial score (nSPS) is 11.3.